The molecule has 8 nitrogen and oxygen atoms in total. The third-order valence-electron chi connectivity index (χ3n) is 8.77. The average Bonchev–Trinajstić information content (AvgIpc) is 3.27. The van der Waals surface area contributed by atoms with Crippen LogP contribution in [0.4, 0.5) is 0 Å². The van der Waals surface area contributed by atoms with Crippen LogP contribution in [-0.2, 0) is 30.9 Å². The van der Waals surface area contributed by atoms with E-state index in [2.05, 4.69) is 4.90 Å². The molecule has 198 valence electrons. The van der Waals surface area contributed by atoms with Crippen molar-refractivity contribution in [1.29, 1.82) is 0 Å². The van der Waals surface area contributed by atoms with E-state index in [1.54, 1.807) is 50.3 Å². The zero-order valence-corrected chi connectivity index (χ0v) is 21.7. The van der Waals surface area contributed by atoms with Crippen LogP contribution in [-0.4, -0.2) is 59.6 Å². The highest BCUT2D eigenvalue weighted by molar-refractivity contribution is 5.84. The van der Waals surface area contributed by atoms with Gasteiger partial charge in [0.15, 0.2) is 12.4 Å². The van der Waals surface area contributed by atoms with Crippen LogP contribution >= 0.6 is 0 Å². The highest BCUT2D eigenvalue weighted by Crippen LogP contribution is 2.64. The lowest BCUT2D eigenvalue weighted by atomic mass is 9.50. The Kier molecular flexibility index (Phi) is 5.74. The Morgan fingerprint density at radius 3 is 2.63 bits per heavy atom. The van der Waals surface area contributed by atoms with Gasteiger partial charge in [-0.1, -0.05) is 50.2 Å². The molecule has 2 heterocycles. The van der Waals surface area contributed by atoms with Crippen LogP contribution in [0.5, 0.6) is 5.75 Å². The number of piperidine rings is 1. The summed E-state index contributed by atoms with van der Waals surface area (Å²) >= 11 is 0. The first-order valence-corrected chi connectivity index (χ1v) is 13.1. The first kappa shape index (κ1) is 24.8. The summed E-state index contributed by atoms with van der Waals surface area (Å²) in [6, 6.07) is 12.3. The SMILES string of the molecule is CC(C)C(=O)O[C@H](C(=O)OC1=CC[C@@]2(O)[C@H]3Cc4ccc(C=O)c5c4[C@@]2(CCN3C)[C@H]1O5)c1ccccc1. The molecule has 2 aromatic rings. The molecule has 38 heavy (non-hydrogen) atoms. The fourth-order valence-corrected chi connectivity index (χ4v) is 6.87. The molecule has 6 rings (SSSR count). The minimum absolute atomic E-state index is 0.152. The standard InChI is InChI=1S/C30H31NO7/c1-17(2)27(33)38-25(18-7-5-4-6-8-18)28(34)36-21-11-12-30(35)22-15-19-9-10-20(16-32)24-23(19)29(30,26(21)37-24)13-14-31(22)3/h4-11,16-17,22,25-26,35H,12-15H2,1-3H3/t22-,25+,26+,29+,30-/m1/s1. The van der Waals surface area contributed by atoms with E-state index in [0.717, 1.165) is 24.0 Å². The van der Waals surface area contributed by atoms with Crippen molar-refractivity contribution in [3.05, 3.63) is 76.6 Å². The predicted octanol–water partition coefficient (Wildman–Crippen LogP) is 3.26. The van der Waals surface area contributed by atoms with Gasteiger partial charge in [-0.2, -0.15) is 0 Å². The highest BCUT2D eigenvalue weighted by Gasteiger charge is 2.72. The Morgan fingerprint density at radius 1 is 1.16 bits per heavy atom. The van der Waals surface area contributed by atoms with Crippen molar-refractivity contribution in [2.75, 3.05) is 13.6 Å². The first-order valence-electron chi connectivity index (χ1n) is 13.1. The van der Waals surface area contributed by atoms with Crippen LogP contribution in [0.3, 0.4) is 0 Å². The van der Waals surface area contributed by atoms with Gasteiger partial charge in [0.25, 0.3) is 0 Å². The van der Waals surface area contributed by atoms with Gasteiger partial charge in [0.05, 0.1) is 22.5 Å². The molecular weight excluding hydrogens is 486 g/mol. The maximum atomic E-state index is 13.6. The van der Waals surface area contributed by atoms with E-state index < -0.39 is 41.1 Å². The number of aldehydes is 1. The van der Waals surface area contributed by atoms with Crippen LogP contribution in [0.1, 0.15) is 59.8 Å². The zero-order valence-electron chi connectivity index (χ0n) is 21.7. The van der Waals surface area contributed by atoms with E-state index in [1.807, 2.05) is 19.2 Å². The molecule has 0 unspecified atom stereocenters. The number of aliphatic hydroxyl groups is 1. The Hall–Kier alpha value is -3.49. The van der Waals surface area contributed by atoms with Gasteiger partial charge in [0.2, 0.25) is 6.10 Å². The summed E-state index contributed by atoms with van der Waals surface area (Å²) in [6.45, 7) is 4.12. The minimum Gasteiger partial charge on any atom is -0.480 e. The summed E-state index contributed by atoms with van der Waals surface area (Å²) in [5.74, 6) is -0.960. The van der Waals surface area contributed by atoms with Crippen LogP contribution in [0.25, 0.3) is 0 Å². The molecule has 2 aliphatic heterocycles. The van der Waals surface area contributed by atoms with Gasteiger partial charge in [0, 0.05) is 23.6 Å². The van der Waals surface area contributed by atoms with Crippen molar-refractivity contribution in [2.24, 2.45) is 5.92 Å². The Balaban J connectivity index is 1.41. The van der Waals surface area contributed by atoms with E-state index >= 15 is 0 Å². The van der Waals surface area contributed by atoms with Crippen LogP contribution in [0.2, 0.25) is 0 Å². The molecule has 2 bridgehead atoms. The first-order chi connectivity index (χ1) is 18.2. The second-order valence-electron chi connectivity index (χ2n) is 11.1. The Bertz CT molecular complexity index is 1350. The number of benzene rings is 2. The van der Waals surface area contributed by atoms with Crippen LogP contribution in [0, 0.1) is 5.92 Å². The topological polar surface area (TPSA) is 102 Å². The third kappa shape index (κ3) is 3.33. The number of rotatable bonds is 6. The summed E-state index contributed by atoms with van der Waals surface area (Å²) in [5, 5.41) is 12.3. The minimum atomic E-state index is -1.26. The molecule has 2 aliphatic carbocycles. The molecule has 1 spiro atoms. The molecule has 1 fully saturated rings. The summed E-state index contributed by atoms with van der Waals surface area (Å²) in [6.07, 6.45) is 1.89. The fourth-order valence-electron chi connectivity index (χ4n) is 6.87. The Morgan fingerprint density at radius 2 is 1.92 bits per heavy atom. The molecule has 0 amide bonds. The van der Waals surface area contributed by atoms with Crippen LogP contribution < -0.4 is 4.74 Å². The van der Waals surface area contributed by atoms with Gasteiger partial charge in [-0.05, 0) is 44.1 Å². The largest absolute Gasteiger partial charge is 0.480 e. The molecule has 0 saturated carbocycles. The van der Waals surface area contributed by atoms with Gasteiger partial charge in [-0.25, -0.2) is 4.79 Å². The van der Waals surface area contributed by atoms with E-state index in [4.69, 9.17) is 14.2 Å². The molecule has 0 radical (unpaired) electrons. The lowest BCUT2D eigenvalue weighted by molar-refractivity contribution is -0.177. The number of nitrogens with zero attached hydrogens (tertiary/aromatic N) is 1. The van der Waals surface area contributed by atoms with E-state index in [1.165, 1.54) is 0 Å². The lowest BCUT2D eigenvalue weighted by Gasteiger charge is -2.61. The molecule has 4 aliphatic rings. The summed E-state index contributed by atoms with van der Waals surface area (Å²) < 4.78 is 18.0. The van der Waals surface area contributed by atoms with Gasteiger partial charge in [-0.3, -0.25) is 9.59 Å². The monoisotopic (exact) mass is 517 g/mol. The van der Waals surface area contributed by atoms with Crippen molar-refractivity contribution in [2.45, 2.75) is 62.4 Å². The molecule has 0 aromatic heterocycles. The highest BCUT2D eigenvalue weighted by atomic mass is 16.6. The van der Waals surface area contributed by atoms with Gasteiger partial charge >= 0.3 is 11.9 Å². The normalized spacial score (nSPS) is 29.6. The number of ether oxygens (including phenoxy) is 3. The van der Waals surface area contributed by atoms with Crippen molar-refractivity contribution in [1.82, 2.24) is 4.90 Å². The number of hydrogen-bond donors (Lipinski definition) is 1. The molecule has 2 aromatic carbocycles. The number of esters is 2. The summed E-state index contributed by atoms with van der Waals surface area (Å²) in [5.41, 5.74) is 0.763. The van der Waals surface area contributed by atoms with E-state index in [0.29, 0.717) is 29.7 Å². The average molecular weight is 518 g/mol. The van der Waals surface area contributed by atoms with Crippen LogP contribution in [0.15, 0.2) is 54.3 Å². The number of carbonyl (C=O) groups is 3. The lowest BCUT2D eigenvalue weighted by Crippen LogP contribution is -2.74. The second kappa shape index (κ2) is 8.78. The number of carbonyl (C=O) groups excluding carboxylic acids is 3. The van der Waals surface area contributed by atoms with Crippen molar-refractivity contribution in [3.63, 3.8) is 0 Å². The van der Waals surface area contributed by atoms with Gasteiger partial charge in [-0.15, -0.1) is 0 Å². The predicted molar refractivity (Wildman–Crippen MR) is 137 cm³/mol. The molecule has 8 heteroatoms. The van der Waals surface area contributed by atoms with Crippen molar-refractivity contribution < 1.29 is 33.7 Å². The smallest absolute Gasteiger partial charge is 0.357 e. The Labute approximate surface area is 221 Å². The molecule has 5 atom stereocenters. The fraction of sp³-hybridized carbons (Fsp3) is 0.433. The van der Waals surface area contributed by atoms with Gasteiger partial charge in [0.1, 0.15) is 11.5 Å². The van der Waals surface area contributed by atoms with Gasteiger partial charge < -0.3 is 24.2 Å². The van der Waals surface area contributed by atoms with Crippen molar-refractivity contribution >= 4 is 18.2 Å². The zero-order chi connectivity index (χ0) is 26.8. The van der Waals surface area contributed by atoms with E-state index in [9.17, 15) is 19.5 Å². The number of likely N-dealkylation sites (tertiary alicyclic amines) is 1. The molecular formula is C30H31NO7. The quantitative estimate of drug-likeness (QED) is 0.460. The van der Waals surface area contributed by atoms with Crippen molar-refractivity contribution in [3.8, 4) is 5.75 Å². The molecule has 1 saturated heterocycles. The second-order valence-corrected chi connectivity index (χ2v) is 11.1. The number of likely N-dealkylation sites (N-methyl/N-ethyl adjacent to an activating group) is 1. The maximum absolute atomic E-state index is 13.6. The molecule has 1 N–H and O–H groups in total. The summed E-state index contributed by atoms with van der Waals surface area (Å²) in [7, 11) is 2.01. The number of hydrogen-bond acceptors (Lipinski definition) is 8. The maximum Gasteiger partial charge on any atom is 0.357 e. The third-order valence-corrected chi connectivity index (χ3v) is 8.77. The van der Waals surface area contributed by atoms with E-state index in [-0.39, 0.29) is 18.2 Å². The summed E-state index contributed by atoms with van der Waals surface area (Å²) in [4.78, 5) is 40.2.